The molecule has 0 saturated carbocycles. The first-order chi connectivity index (χ1) is 16.7. The zero-order chi connectivity index (χ0) is 24.9. The molecular weight excluding hydrogens is 481 g/mol. The van der Waals surface area contributed by atoms with E-state index >= 15 is 0 Å². The van der Waals surface area contributed by atoms with Gasteiger partial charge in [-0.3, -0.25) is 4.79 Å². The van der Waals surface area contributed by atoms with Crippen molar-refractivity contribution in [3.63, 3.8) is 0 Å². The number of anilines is 2. The van der Waals surface area contributed by atoms with Gasteiger partial charge in [0.15, 0.2) is 5.82 Å². The summed E-state index contributed by atoms with van der Waals surface area (Å²) < 4.78 is 41.0. The Labute approximate surface area is 204 Å². The van der Waals surface area contributed by atoms with Crippen LogP contribution < -0.4 is 9.80 Å². The van der Waals surface area contributed by atoms with Crippen molar-refractivity contribution in [1.29, 1.82) is 0 Å². The third kappa shape index (κ3) is 4.41. The average Bonchev–Trinajstić information content (AvgIpc) is 3.54. The Morgan fingerprint density at radius 3 is 2.71 bits per heavy atom. The largest absolute Gasteiger partial charge is 0.451 e. The number of aromatic nitrogens is 5. The van der Waals surface area contributed by atoms with Gasteiger partial charge in [0.1, 0.15) is 10.6 Å². The highest BCUT2D eigenvalue weighted by atomic mass is 32.1. The summed E-state index contributed by atoms with van der Waals surface area (Å²) in [5, 5.41) is 8.13. The summed E-state index contributed by atoms with van der Waals surface area (Å²) in [6.45, 7) is 5.70. The highest BCUT2D eigenvalue weighted by Crippen LogP contribution is 2.36. The van der Waals surface area contributed by atoms with Crippen molar-refractivity contribution in [1.82, 2.24) is 29.6 Å². The highest BCUT2D eigenvalue weighted by Gasteiger charge is 2.40. The van der Waals surface area contributed by atoms with Crippen LogP contribution in [-0.4, -0.2) is 68.3 Å². The van der Waals surface area contributed by atoms with Gasteiger partial charge >= 0.3 is 6.18 Å². The van der Waals surface area contributed by atoms with Crippen LogP contribution in [0.3, 0.4) is 0 Å². The van der Waals surface area contributed by atoms with Crippen LogP contribution in [0.1, 0.15) is 43.2 Å². The summed E-state index contributed by atoms with van der Waals surface area (Å²) in [6, 6.07) is 2.18. The van der Waals surface area contributed by atoms with Crippen molar-refractivity contribution in [2.24, 2.45) is 0 Å². The maximum absolute atomic E-state index is 13.3. The van der Waals surface area contributed by atoms with Crippen molar-refractivity contribution in [2.45, 2.75) is 58.4 Å². The van der Waals surface area contributed by atoms with Crippen LogP contribution >= 0.6 is 11.3 Å². The van der Waals surface area contributed by atoms with E-state index in [0.717, 1.165) is 40.6 Å². The van der Waals surface area contributed by atoms with Crippen molar-refractivity contribution >= 4 is 39.2 Å². The van der Waals surface area contributed by atoms with Gasteiger partial charge in [-0.1, -0.05) is 13.3 Å². The molecule has 0 radical (unpaired) electrons. The van der Waals surface area contributed by atoms with E-state index in [1.807, 2.05) is 4.90 Å². The van der Waals surface area contributed by atoms with Gasteiger partial charge in [-0.15, -0.1) is 21.5 Å². The molecule has 0 unspecified atom stereocenters. The molecule has 3 aromatic heterocycles. The van der Waals surface area contributed by atoms with E-state index in [9.17, 15) is 18.0 Å². The van der Waals surface area contributed by atoms with Crippen LogP contribution in [0, 0.1) is 0 Å². The fraction of sp³-hybridized carbons (Fsp3) is 0.591. The number of carbonyl (C=O) groups is 1. The van der Waals surface area contributed by atoms with Gasteiger partial charge in [0.2, 0.25) is 17.7 Å². The van der Waals surface area contributed by atoms with Gasteiger partial charge in [0.05, 0.1) is 18.0 Å². The third-order valence-electron chi connectivity index (χ3n) is 6.71. The zero-order valence-electron chi connectivity index (χ0n) is 19.8. The van der Waals surface area contributed by atoms with Gasteiger partial charge < -0.3 is 19.3 Å². The Morgan fingerprint density at radius 1 is 1.20 bits per heavy atom. The van der Waals surface area contributed by atoms with Gasteiger partial charge in [-0.05, 0) is 18.9 Å². The second-order valence-corrected chi connectivity index (χ2v) is 10.2. The molecule has 1 fully saturated rings. The van der Waals surface area contributed by atoms with Crippen LogP contribution in [-0.2, 0) is 30.5 Å². The van der Waals surface area contributed by atoms with Crippen LogP contribution in [0.5, 0.6) is 0 Å². The minimum absolute atomic E-state index is 0.0204. The number of amides is 1. The third-order valence-corrected chi connectivity index (χ3v) is 7.79. The van der Waals surface area contributed by atoms with Crippen LogP contribution in [0.15, 0.2) is 6.07 Å². The molecule has 35 heavy (non-hydrogen) atoms. The number of nitrogens with zero attached hydrogens (tertiary/aromatic N) is 8. The zero-order valence-corrected chi connectivity index (χ0v) is 20.7. The number of likely N-dealkylation sites (N-methyl/N-ethyl adjacent to an activating group) is 1. The summed E-state index contributed by atoms with van der Waals surface area (Å²) in [5.41, 5.74) is 0. The second kappa shape index (κ2) is 8.92. The van der Waals surface area contributed by atoms with Gasteiger partial charge in [-0.2, -0.15) is 18.2 Å². The lowest BCUT2D eigenvalue weighted by molar-refractivity contribution is -0.147. The molecule has 0 spiro atoms. The molecule has 0 N–H and O–H groups in total. The van der Waals surface area contributed by atoms with Crippen molar-refractivity contribution in [3.05, 3.63) is 22.6 Å². The number of alkyl halides is 3. The first kappa shape index (κ1) is 23.8. The molecule has 1 amide bonds. The molecule has 0 aromatic carbocycles. The fourth-order valence-corrected chi connectivity index (χ4v) is 5.86. The molecule has 9 nitrogen and oxygen atoms in total. The van der Waals surface area contributed by atoms with Gasteiger partial charge in [-0.25, -0.2) is 4.98 Å². The van der Waals surface area contributed by atoms with Crippen LogP contribution in [0.2, 0.25) is 0 Å². The molecule has 1 saturated heterocycles. The van der Waals surface area contributed by atoms with Gasteiger partial charge in [0.25, 0.3) is 0 Å². The SMILES string of the molecule is CCCc1cc2c(N3CCn4c(nnc4C(F)(F)F)C3)nc(N3CC[C@H](N(C)C(C)=O)C3)nc2s1. The molecule has 0 aliphatic carbocycles. The van der Waals surface area contributed by atoms with Gasteiger partial charge in [0, 0.05) is 45.0 Å². The Hall–Kier alpha value is -2.96. The normalized spacial score (nSPS) is 18.4. The molecule has 188 valence electrons. The molecule has 2 aliphatic rings. The lowest BCUT2D eigenvalue weighted by Gasteiger charge is -2.30. The predicted octanol–water partition coefficient (Wildman–Crippen LogP) is 3.33. The fourth-order valence-electron chi connectivity index (χ4n) is 4.74. The summed E-state index contributed by atoms with van der Waals surface area (Å²) >= 11 is 1.63. The predicted molar refractivity (Wildman–Crippen MR) is 127 cm³/mol. The maximum atomic E-state index is 13.3. The number of hydrogen-bond acceptors (Lipinski definition) is 8. The summed E-state index contributed by atoms with van der Waals surface area (Å²) in [6.07, 6.45) is -1.79. The van der Waals surface area contributed by atoms with Crippen molar-refractivity contribution in [3.8, 4) is 0 Å². The Morgan fingerprint density at radius 2 is 2.00 bits per heavy atom. The van der Waals surface area contributed by atoms with E-state index in [1.165, 1.54) is 4.88 Å². The first-order valence-corrected chi connectivity index (χ1v) is 12.5. The topological polar surface area (TPSA) is 83.3 Å². The molecule has 13 heteroatoms. The van der Waals surface area contributed by atoms with E-state index in [-0.39, 0.29) is 30.9 Å². The monoisotopic (exact) mass is 508 g/mol. The molecule has 5 heterocycles. The maximum Gasteiger partial charge on any atom is 0.451 e. The molecule has 3 aromatic rings. The number of carbonyl (C=O) groups excluding carboxylic acids is 1. The summed E-state index contributed by atoms with van der Waals surface area (Å²) in [5.74, 6) is 0.617. The molecule has 1 atom stereocenters. The number of hydrogen-bond donors (Lipinski definition) is 0. The molecule has 5 rings (SSSR count). The van der Waals surface area contributed by atoms with E-state index in [2.05, 4.69) is 28.1 Å². The second-order valence-electron chi connectivity index (χ2n) is 9.06. The lowest BCUT2D eigenvalue weighted by Crippen LogP contribution is -2.38. The standard InChI is InChI=1S/C22H27F3N8OS/c1-4-5-15-10-16-18(31-8-9-33-17(12-31)28-29-20(33)22(23,24)25)26-21(27-19(16)35-15)32-7-6-14(11-32)30(3)13(2)34/h10,14H,4-9,11-12H2,1-3H3/t14-/m0/s1. The minimum Gasteiger partial charge on any atom is -0.347 e. The van der Waals surface area contributed by atoms with E-state index in [4.69, 9.17) is 9.97 Å². The number of aryl methyl sites for hydroxylation is 1. The van der Waals surface area contributed by atoms with E-state index in [0.29, 0.717) is 24.9 Å². The summed E-state index contributed by atoms with van der Waals surface area (Å²) in [7, 11) is 1.81. The summed E-state index contributed by atoms with van der Waals surface area (Å²) in [4.78, 5) is 29.5. The van der Waals surface area contributed by atoms with Crippen LogP contribution in [0.4, 0.5) is 24.9 Å². The van der Waals surface area contributed by atoms with Crippen molar-refractivity contribution in [2.75, 3.05) is 36.5 Å². The van der Waals surface area contributed by atoms with Crippen molar-refractivity contribution < 1.29 is 18.0 Å². The number of thiophene rings is 1. The smallest absolute Gasteiger partial charge is 0.347 e. The van der Waals surface area contributed by atoms with Crippen LogP contribution in [0.25, 0.3) is 10.2 Å². The molecular formula is C22H27F3N8OS. The highest BCUT2D eigenvalue weighted by molar-refractivity contribution is 7.18. The Bertz CT molecular complexity index is 1260. The Kier molecular flexibility index (Phi) is 6.06. The number of fused-ring (bicyclic) bond motifs is 2. The first-order valence-electron chi connectivity index (χ1n) is 11.7. The molecule has 0 bridgehead atoms. The molecule has 2 aliphatic heterocycles. The quantitative estimate of drug-likeness (QED) is 0.523. The minimum atomic E-state index is -4.54. The average molecular weight is 509 g/mol. The number of rotatable bonds is 5. The van der Waals surface area contributed by atoms with E-state index < -0.39 is 12.0 Å². The Balaban J connectivity index is 1.50. The van der Waals surface area contributed by atoms with E-state index in [1.54, 1.807) is 30.2 Å². The number of halogens is 3. The lowest BCUT2D eigenvalue weighted by atomic mass is 10.2.